The fraction of sp³-hybridized carbons (Fsp3) is 0.167. The molecule has 3 aromatic rings. The minimum atomic E-state index is -0.595. The summed E-state index contributed by atoms with van der Waals surface area (Å²) >= 11 is 5.63. The van der Waals surface area contributed by atoms with Gasteiger partial charge in [-0.2, -0.15) is 5.10 Å². The molecule has 0 unspecified atom stereocenters. The van der Waals surface area contributed by atoms with Crippen LogP contribution in [0, 0.1) is 5.82 Å². The zero-order chi connectivity index (χ0) is 18.1. The lowest BCUT2D eigenvalue weighted by Crippen LogP contribution is -2.19. The van der Waals surface area contributed by atoms with E-state index in [0.29, 0.717) is 17.4 Å². The van der Waals surface area contributed by atoms with E-state index in [1.54, 1.807) is 12.1 Å². The molecule has 0 saturated heterocycles. The van der Waals surface area contributed by atoms with Crippen molar-refractivity contribution in [1.29, 1.82) is 0 Å². The number of aromatic nitrogens is 2. The average Bonchev–Trinajstić information content (AvgIpc) is 3.36. The Labute approximate surface area is 153 Å². The second-order valence-electron chi connectivity index (χ2n) is 6.09. The van der Waals surface area contributed by atoms with Crippen LogP contribution in [0.25, 0.3) is 10.9 Å². The number of nitrogens with one attached hydrogen (secondary N) is 3. The number of hydrogen-bond donors (Lipinski definition) is 3. The van der Waals surface area contributed by atoms with E-state index in [9.17, 15) is 9.18 Å². The van der Waals surface area contributed by atoms with Gasteiger partial charge in [0.05, 0.1) is 22.3 Å². The summed E-state index contributed by atoms with van der Waals surface area (Å²) in [6, 6.07) is 9.40. The van der Waals surface area contributed by atoms with Crippen LogP contribution in [0.5, 0.6) is 0 Å². The van der Waals surface area contributed by atoms with E-state index in [4.69, 9.17) is 11.6 Å². The van der Waals surface area contributed by atoms with Crippen LogP contribution < -0.4 is 10.6 Å². The summed E-state index contributed by atoms with van der Waals surface area (Å²) in [6.07, 6.45) is 4.09. The van der Waals surface area contributed by atoms with E-state index >= 15 is 0 Å². The fourth-order valence-electron chi connectivity index (χ4n) is 2.48. The average molecular weight is 372 g/mol. The predicted molar refractivity (Wildman–Crippen MR) is 101 cm³/mol. The molecule has 132 valence electrons. The summed E-state index contributed by atoms with van der Waals surface area (Å²) in [6.45, 7) is 0. The highest BCUT2D eigenvalue weighted by atomic mass is 35.5. The molecule has 1 aliphatic rings. The topological polar surface area (TPSA) is 82.2 Å². The van der Waals surface area contributed by atoms with Crippen molar-refractivity contribution in [2.75, 3.05) is 10.6 Å². The van der Waals surface area contributed by atoms with Gasteiger partial charge >= 0.3 is 6.03 Å². The van der Waals surface area contributed by atoms with E-state index < -0.39 is 11.8 Å². The zero-order valence-corrected chi connectivity index (χ0v) is 14.3. The van der Waals surface area contributed by atoms with Crippen molar-refractivity contribution in [3.63, 3.8) is 0 Å². The van der Waals surface area contributed by atoms with E-state index in [2.05, 4.69) is 25.8 Å². The number of amides is 2. The SMILES string of the molecule is O=C(Nc1ccc(Cl)c(F)c1)Nc1ccc2c(C=NC3CC3)[nH]nc2c1. The number of carbonyl (C=O) groups excluding carboxylic acids is 1. The summed E-state index contributed by atoms with van der Waals surface area (Å²) < 4.78 is 13.4. The first-order valence-corrected chi connectivity index (χ1v) is 8.50. The van der Waals surface area contributed by atoms with E-state index in [1.165, 1.54) is 12.1 Å². The Morgan fingerprint density at radius 3 is 2.69 bits per heavy atom. The molecule has 1 aromatic heterocycles. The molecular weight excluding hydrogens is 357 g/mol. The maximum Gasteiger partial charge on any atom is 0.323 e. The Hall–Kier alpha value is -2.93. The quantitative estimate of drug-likeness (QED) is 0.586. The van der Waals surface area contributed by atoms with Crippen LogP contribution in [0.4, 0.5) is 20.6 Å². The lowest BCUT2D eigenvalue weighted by molar-refractivity contribution is 0.262. The Morgan fingerprint density at radius 1 is 1.23 bits per heavy atom. The monoisotopic (exact) mass is 371 g/mol. The second-order valence-corrected chi connectivity index (χ2v) is 6.49. The van der Waals surface area contributed by atoms with Gasteiger partial charge < -0.3 is 10.6 Å². The van der Waals surface area contributed by atoms with Crippen LogP contribution in [-0.4, -0.2) is 28.5 Å². The summed E-state index contributed by atoms with van der Waals surface area (Å²) in [5.74, 6) is -0.595. The normalized spacial score (nSPS) is 14.1. The molecule has 0 aliphatic heterocycles. The van der Waals surface area contributed by atoms with Gasteiger partial charge in [-0.3, -0.25) is 10.1 Å². The Balaban J connectivity index is 1.46. The number of anilines is 2. The van der Waals surface area contributed by atoms with Gasteiger partial charge in [-0.15, -0.1) is 0 Å². The van der Waals surface area contributed by atoms with Gasteiger partial charge in [0.1, 0.15) is 5.82 Å². The molecule has 3 N–H and O–H groups in total. The maximum absolute atomic E-state index is 13.4. The molecule has 1 saturated carbocycles. The highest BCUT2D eigenvalue weighted by Crippen LogP contribution is 2.24. The number of aliphatic imine (C=N–C) groups is 1. The van der Waals surface area contributed by atoms with Gasteiger partial charge in [0.25, 0.3) is 0 Å². The first kappa shape index (κ1) is 16.5. The number of H-pyrrole nitrogens is 1. The van der Waals surface area contributed by atoms with Crippen molar-refractivity contribution < 1.29 is 9.18 Å². The third kappa shape index (κ3) is 3.67. The van der Waals surface area contributed by atoms with Gasteiger partial charge in [-0.05, 0) is 49.2 Å². The van der Waals surface area contributed by atoms with Crippen LogP contribution in [0.1, 0.15) is 18.5 Å². The van der Waals surface area contributed by atoms with Crippen LogP contribution in [0.2, 0.25) is 5.02 Å². The smallest absolute Gasteiger partial charge is 0.308 e. The lowest BCUT2D eigenvalue weighted by Gasteiger charge is -2.08. The van der Waals surface area contributed by atoms with Crippen molar-refractivity contribution in [3.8, 4) is 0 Å². The van der Waals surface area contributed by atoms with E-state index in [1.807, 2.05) is 12.3 Å². The Kier molecular flexibility index (Phi) is 4.30. The number of halogens is 2. The highest BCUT2D eigenvalue weighted by Gasteiger charge is 2.19. The third-order valence-corrected chi connectivity index (χ3v) is 4.29. The van der Waals surface area contributed by atoms with Gasteiger partial charge in [-0.1, -0.05) is 11.6 Å². The number of benzene rings is 2. The predicted octanol–water partition coefficient (Wildman–Crippen LogP) is 4.58. The summed E-state index contributed by atoms with van der Waals surface area (Å²) in [5, 5.41) is 13.4. The fourth-order valence-corrected chi connectivity index (χ4v) is 2.60. The zero-order valence-electron chi connectivity index (χ0n) is 13.6. The second kappa shape index (κ2) is 6.76. The molecule has 4 rings (SSSR count). The van der Waals surface area contributed by atoms with E-state index in [0.717, 1.165) is 35.5 Å². The molecular formula is C18H15ClFN5O. The van der Waals surface area contributed by atoms with Crippen LogP contribution in [0.3, 0.4) is 0 Å². The van der Waals surface area contributed by atoms with Crippen molar-refractivity contribution in [2.24, 2.45) is 4.99 Å². The minimum Gasteiger partial charge on any atom is -0.308 e. The Morgan fingerprint density at radius 2 is 1.96 bits per heavy atom. The van der Waals surface area contributed by atoms with Gasteiger partial charge in [-0.25, -0.2) is 9.18 Å². The summed E-state index contributed by atoms with van der Waals surface area (Å²) in [7, 11) is 0. The number of urea groups is 1. The molecule has 2 aromatic carbocycles. The maximum atomic E-state index is 13.4. The minimum absolute atomic E-state index is 0.000899. The van der Waals surface area contributed by atoms with Crippen molar-refractivity contribution in [1.82, 2.24) is 10.2 Å². The molecule has 1 fully saturated rings. The molecule has 1 aliphatic carbocycles. The molecule has 0 spiro atoms. The first-order chi connectivity index (χ1) is 12.6. The van der Waals surface area contributed by atoms with Gasteiger partial charge in [0.2, 0.25) is 0 Å². The van der Waals surface area contributed by atoms with Crippen LogP contribution in [0.15, 0.2) is 41.4 Å². The molecule has 0 radical (unpaired) electrons. The van der Waals surface area contributed by atoms with Crippen molar-refractivity contribution in [2.45, 2.75) is 18.9 Å². The first-order valence-electron chi connectivity index (χ1n) is 8.13. The van der Waals surface area contributed by atoms with Crippen LogP contribution >= 0.6 is 11.6 Å². The summed E-state index contributed by atoms with van der Waals surface area (Å²) in [4.78, 5) is 16.5. The molecule has 8 heteroatoms. The lowest BCUT2D eigenvalue weighted by atomic mass is 10.2. The van der Waals surface area contributed by atoms with E-state index in [-0.39, 0.29) is 5.02 Å². The summed E-state index contributed by atoms with van der Waals surface area (Å²) in [5.41, 5.74) is 2.45. The number of fused-ring (bicyclic) bond motifs is 1. The molecule has 1 heterocycles. The highest BCUT2D eigenvalue weighted by molar-refractivity contribution is 6.30. The Bertz CT molecular complexity index is 1010. The van der Waals surface area contributed by atoms with Gasteiger partial charge in [0, 0.05) is 23.0 Å². The number of nitrogens with zero attached hydrogens (tertiary/aromatic N) is 2. The number of carbonyl (C=O) groups is 1. The standard InChI is InChI=1S/C18H15ClFN5O/c19-14-6-4-11(7-15(14)20)22-18(26)23-12-3-5-13-16(8-12)24-25-17(13)9-21-10-1-2-10/h3-10H,1-2H2,(H,24,25)(H2,22,23,26). The molecule has 0 atom stereocenters. The molecule has 2 amide bonds. The van der Waals surface area contributed by atoms with Crippen molar-refractivity contribution in [3.05, 3.63) is 52.9 Å². The third-order valence-electron chi connectivity index (χ3n) is 3.98. The van der Waals surface area contributed by atoms with Crippen LogP contribution in [-0.2, 0) is 0 Å². The van der Waals surface area contributed by atoms with Crippen molar-refractivity contribution >= 4 is 46.1 Å². The molecule has 6 nitrogen and oxygen atoms in total. The number of hydrogen-bond acceptors (Lipinski definition) is 3. The number of rotatable bonds is 4. The largest absolute Gasteiger partial charge is 0.323 e. The van der Waals surface area contributed by atoms with Gasteiger partial charge in [0.15, 0.2) is 0 Å². The number of aromatic amines is 1. The molecule has 0 bridgehead atoms. The molecule has 26 heavy (non-hydrogen) atoms.